The topological polar surface area (TPSA) is 9.23 Å². The van der Waals surface area contributed by atoms with Crippen molar-refractivity contribution in [2.75, 3.05) is 24.8 Å². The van der Waals surface area contributed by atoms with Crippen LogP contribution in [0.5, 0.6) is 0 Å². The lowest BCUT2D eigenvalue weighted by Crippen LogP contribution is -1.99. The first-order valence-corrected chi connectivity index (χ1v) is 6.18. The van der Waals surface area contributed by atoms with Crippen molar-refractivity contribution in [2.45, 2.75) is 11.8 Å². The van der Waals surface area contributed by atoms with Gasteiger partial charge in [0, 0.05) is 16.5 Å². The third-order valence-corrected chi connectivity index (χ3v) is 2.82. The monoisotopic (exact) mass is 230 g/mol. The average Bonchev–Trinajstić information content (AvgIpc) is 2.18. The maximum Gasteiger partial charge on any atom is 0.0602 e. The molecule has 0 fully saturated rings. The molecule has 14 heavy (non-hydrogen) atoms. The van der Waals surface area contributed by atoms with E-state index in [9.17, 15) is 0 Å². The van der Waals surface area contributed by atoms with Crippen molar-refractivity contribution in [1.82, 2.24) is 0 Å². The van der Waals surface area contributed by atoms with Gasteiger partial charge in [-0.15, -0.1) is 23.4 Å². The second-order valence-electron chi connectivity index (χ2n) is 2.97. The molecule has 78 valence electrons. The maximum absolute atomic E-state index is 5.49. The summed E-state index contributed by atoms with van der Waals surface area (Å²) in [4.78, 5) is 1.31. The maximum atomic E-state index is 5.49. The standard InChI is InChI=1S/C11H15ClOS/c1-10-3-2-4-11(9-10)14-8-7-13-6-5-12/h2-4,9H,5-8H2,1H3. The molecule has 3 heteroatoms. The number of halogens is 1. The zero-order chi connectivity index (χ0) is 10.2. The highest BCUT2D eigenvalue weighted by atomic mass is 35.5. The van der Waals surface area contributed by atoms with E-state index in [-0.39, 0.29) is 0 Å². The molecular weight excluding hydrogens is 216 g/mol. The van der Waals surface area contributed by atoms with Gasteiger partial charge < -0.3 is 4.74 Å². The van der Waals surface area contributed by atoms with E-state index in [0.29, 0.717) is 12.5 Å². The van der Waals surface area contributed by atoms with Crippen molar-refractivity contribution in [2.24, 2.45) is 0 Å². The summed E-state index contributed by atoms with van der Waals surface area (Å²) in [5, 5.41) is 0. The summed E-state index contributed by atoms with van der Waals surface area (Å²) in [7, 11) is 0. The predicted molar refractivity (Wildman–Crippen MR) is 63.4 cm³/mol. The van der Waals surface area contributed by atoms with Gasteiger partial charge in [0.15, 0.2) is 0 Å². The molecule has 0 bridgehead atoms. The minimum atomic E-state index is 0.578. The van der Waals surface area contributed by atoms with Crippen LogP contribution in [0.3, 0.4) is 0 Å². The molecule has 0 unspecified atom stereocenters. The van der Waals surface area contributed by atoms with E-state index in [2.05, 4.69) is 31.2 Å². The molecule has 0 aliphatic rings. The van der Waals surface area contributed by atoms with Crippen molar-refractivity contribution in [3.05, 3.63) is 29.8 Å². The smallest absolute Gasteiger partial charge is 0.0602 e. The van der Waals surface area contributed by atoms with Crippen LogP contribution in [0.15, 0.2) is 29.2 Å². The first-order chi connectivity index (χ1) is 6.83. The quantitative estimate of drug-likeness (QED) is 0.421. The van der Waals surface area contributed by atoms with Crippen LogP contribution in [-0.4, -0.2) is 24.8 Å². The summed E-state index contributed by atoms with van der Waals surface area (Å²) < 4.78 is 5.28. The summed E-state index contributed by atoms with van der Waals surface area (Å²) in [5.74, 6) is 1.56. The number of benzene rings is 1. The minimum absolute atomic E-state index is 0.578. The van der Waals surface area contributed by atoms with Gasteiger partial charge in [-0.05, 0) is 19.1 Å². The molecule has 0 spiro atoms. The van der Waals surface area contributed by atoms with Gasteiger partial charge in [0.2, 0.25) is 0 Å². The summed E-state index contributed by atoms with van der Waals surface area (Å²) in [5.41, 5.74) is 1.30. The van der Waals surface area contributed by atoms with Crippen LogP contribution in [0.2, 0.25) is 0 Å². The summed E-state index contributed by atoms with van der Waals surface area (Å²) in [6, 6.07) is 8.50. The fourth-order valence-electron chi connectivity index (χ4n) is 1.08. The number of hydrogen-bond acceptors (Lipinski definition) is 2. The van der Waals surface area contributed by atoms with E-state index in [1.807, 2.05) is 11.8 Å². The van der Waals surface area contributed by atoms with Gasteiger partial charge in [0.1, 0.15) is 0 Å². The van der Waals surface area contributed by atoms with Crippen LogP contribution in [0.25, 0.3) is 0 Å². The number of alkyl halides is 1. The van der Waals surface area contributed by atoms with E-state index in [0.717, 1.165) is 12.4 Å². The lowest BCUT2D eigenvalue weighted by molar-refractivity contribution is 0.166. The van der Waals surface area contributed by atoms with Gasteiger partial charge in [-0.2, -0.15) is 0 Å². The number of thioether (sulfide) groups is 1. The third-order valence-electron chi connectivity index (χ3n) is 1.71. The molecular formula is C11H15ClOS. The molecule has 1 aromatic rings. The van der Waals surface area contributed by atoms with Crippen LogP contribution in [0, 0.1) is 6.92 Å². The third kappa shape index (κ3) is 4.89. The lowest BCUT2D eigenvalue weighted by Gasteiger charge is -2.03. The summed E-state index contributed by atoms with van der Waals surface area (Å²) >= 11 is 7.30. The Bertz CT molecular complexity index is 265. The van der Waals surface area contributed by atoms with Crippen LogP contribution < -0.4 is 0 Å². The van der Waals surface area contributed by atoms with Crippen molar-refractivity contribution in [1.29, 1.82) is 0 Å². The molecule has 0 atom stereocenters. The molecule has 0 N–H and O–H groups in total. The predicted octanol–water partition coefficient (Wildman–Crippen LogP) is 3.34. The van der Waals surface area contributed by atoms with E-state index >= 15 is 0 Å². The van der Waals surface area contributed by atoms with Crippen LogP contribution in [0.4, 0.5) is 0 Å². The van der Waals surface area contributed by atoms with Crippen molar-refractivity contribution >= 4 is 23.4 Å². The molecule has 0 amide bonds. The van der Waals surface area contributed by atoms with Crippen molar-refractivity contribution in [3.8, 4) is 0 Å². The lowest BCUT2D eigenvalue weighted by atomic mass is 10.2. The number of hydrogen-bond donors (Lipinski definition) is 0. The van der Waals surface area contributed by atoms with E-state index in [4.69, 9.17) is 16.3 Å². The van der Waals surface area contributed by atoms with Crippen LogP contribution in [-0.2, 0) is 4.74 Å². The van der Waals surface area contributed by atoms with E-state index in [1.54, 1.807) is 0 Å². The number of rotatable bonds is 6. The summed E-state index contributed by atoms with van der Waals surface area (Å²) in [6.45, 7) is 3.52. The molecule has 1 nitrogen and oxygen atoms in total. The largest absolute Gasteiger partial charge is 0.379 e. The van der Waals surface area contributed by atoms with E-state index in [1.165, 1.54) is 10.5 Å². The Morgan fingerprint density at radius 1 is 1.36 bits per heavy atom. The molecule has 0 radical (unpaired) electrons. The van der Waals surface area contributed by atoms with Crippen LogP contribution >= 0.6 is 23.4 Å². The van der Waals surface area contributed by atoms with Gasteiger partial charge in [0.05, 0.1) is 13.2 Å². The molecule has 1 aromatic carbocycles. The SMILES string of the molecule is Cc1cccc(SCCOCCCl)c1. The van der Waals surface area contributed by atoms with Gasteiger partial charge in [-0.1, -0.05) is 17.7 Å². The molecule has 0 aliphatic carbocycles. The molecule has 1 rings (SSSR count). The number of aryl methyl sites for hydroxylation is 1. The highest BCUT2D eigenvalue weighted by Crippen LogP contribution is 2.18. The van der Waals surface area contributed by atoms with Gasteiger partial charge in [0.25, 0.3) is 0 Å². The number of ether oxygens (including phenoxy) is 1. The fraction of sp³-hybridized carbons (Fsp3) is 0.455. The zero-order valence-electron chi connectivity index (χ0n) is 8.33. The first-order valence-electron chi connectivity index (χ1n) is 4.66. The highest BCUT2D eigenvalue weighted by molar-refractivity contribution is 7.99. The highest BCUT2D eigenvalue weighted by Gasteiger charge is 1.94. The van der Waals surface area contributed by atoms with E-state index < -0.39 is 0 Å². The van der Waals surface area contributed by atoms with Gasteiger partial charge >= 0.3 is 0 Å². The molecule has 0 aliphatic heterocycles. The Hall–Kier alpha value is -0.180. The fourth-order valence-corrected chi connectivity index (χ4v) is 2.07. The average molecular weight is 231 g/mol. The minimum Gasteiger partial charge on any atom is -0.379 e. The Labute approximate surface area is 94.8 Å². The molecule has 0 heterocycles. The summed E-state index contributed by atoms with van der Waals surface area (Å²) in [6.07, 6.45) is 0. The van der Waals surface area contributed by atoms with Crippen molar-refractivity contribution < 1.29 is 4.74 Å². The Morgan fingerprint density at radius 2 is 2.21 bits per heavy atom. The first kappa shape index (κ1) is 11.9. The second-order valence-corrected chi connectivity index (χ2v) is 4.51. The Kier molecular flexibility index (Phi) is 6.08. The molecule has 0 saturated carbocycles. The Morgan fingerprint density at radius 3 is 2.93 bits per heavy atom. The van der Waals surface area contributed by atoms with Crippen molar-refractivity contribution in [3.63, 3.8) is 0 Å². The zero-order valence-corrected chi connectivity index (χ0v) is 9.90. The molecule has 0 saturated heterocycles. The Balaban J connectivity index is 2.18. The molecule has 0 aromatic heterocycles. The van der Waals surface area contributed by atoms with Gasteiger partial charge in [-0.25, -0.2) is 0 Å². The normalized spacial score (nSPS) is 10.4. The second kappa shape index (κ2) is 7.16. The van der Waals surface area contributed by atoms with Crippen LogP contribution in [0.1, 0.15) is 5.56 Å². The van der Waals surface area contributed by atoms with Gasteiger partial charge in [-0.3, -0.25) is 0 Å².